The maximum Gasteiger partial charge on any atom is 0.392 e. The summed E-state index contributed by atoms with van der Waals surface area (Å²) in [5, 5.41) is 0. The Morgan fingerprint density at radius 3 is 1.91 bits per heavy atom. The zero-order chi connectivity index (χ0) is 9.28. The van der Waals surface area contributed by atoms with Crippen molar-refractivity contribution in [2.75, 3.05) is 0 Å². The molecule has 0 unspecified atom stereocenters. The van der Waals surface area contributed by atoms with Gasteiger partial charge in [-0.2, -0.15) is 0 Å². The summed E-state index contributed by atoms with van der Waals surface area (Å²) in [6.07, 6.45) is 0.428. The maximum atomic E-state index is 11.0. The second-order valence-corrected chi connectivity index (χ2v) is 4.58. The lowest BCUT2D eigenvalue weighted by molar-refractivity contribution is -0.120. The largest absolute Gasteiger partial charge is 0.392 e. The second-order valence-electron chi connectivity index (χ2n) is 3.09. The van der Waals surface area contributed by atoms with Gasteiger partial charge in [0, 0.05) is 5.41 Å². The van der Waals surface area contributed by atoms with Crippen LogP contribution in [0.4, 0.5) is 0 Å². The van der Waals surface area contributed by atoms with E-state index < -0.39 is 18.5 Å². The number of rotatable bonds is 3. The molecule has 0 rings (SSSR count). The van der Waals surface area contributed by atoms with Gasteiger partial charge in [0.15, 0.2) is 0 Å². The number of hydrogen-bond donors (Lipinski definition) is 2. The van der Waals surface area contributed by atoms with Gasteiger partial charge in [0.05, 0.1) is 0 Å². The summed E-state index contributed by atoms with van der Waals surface area (Å²) in [5.41, 5.74) is -1.90. The first-order chi connectivity index (χ1) is 4.72. The normalized spacial score (nSPS) is 13.2. The molecule has 0 amide bonds. The molecule has 0 aliphatic rings. The van der Waals surface area contributed by atoms with Crippen molar-refractivity contribution in [3.8, 4) is 0 Å². The molecule has 0 saturated heterocycles. The topological polar surface area (TPSA) is 74.6 Å². The molecule has 0 aromatic heterocycles. The van der Waals surface area contributed by atoms with E-state index in [4.69, 9.17) is 9.79 Å². The molecule has 0 saturated carbocycles. The number of hydrogen-bond acceptors (Lipinski definition) is 2. The molecule has 0 aliphatic heterocycles. The molecule has 0 aliphatic carbocycles. The SMILES string of the molecule is CCC(C)(C)C(=O)P(=O)(O)O. The van der Waals surface area contributed by atoms with Crippen LogP contribution in [0.25, 0.3) is 0 Å². The highest BCUT2D eigenvalue weighted by atomic mass is 31.2. The van der Waals surface area contributed by atoms with Crippen molar-refractivity contribution in [3.63, 3.8) is 0 Å². The molecular weight excluding hydrogens is 167 g/mol. The predicted molar refractivity (Wildman–Crippen MR) is 41.1 cm³/mol. The van der Waals surface area contributed by atoms with Crippen LogP contribution < -0.4 is 0 Å². The van der Waals surface area contributed by atoms with E-state index in [-0.39, 0.29) is 0 Å². The van der Waals surface area contributed by atoms with Gasteiger partial charge in [-0.15, -0.1) is 0 Å². The fraction of sp³-hybridized carbons (Fsp3) is 0.833. The van der Waals surface area contributed by atoms with Crippen molar-refractivity contribution >= 4 is 13.1 Å². The molecule has 0 heterocycles. The standard InChI is InChI=1S/C6H13O4P/c1-4-6(2,3)5(7)11(8,9)10/h4H2,1-3H3,(H2,8,9,10). The van der Waals surface area contributed by atoms with Gasteiger partial charge in [-0.25, -0.2) is 0 Å². The van der Waals surface area contributed by atoms with Crippen LogP contribution in [0.3, 0.4) is 0 Å². The summed E-state index contributed by atoms with van der Waals surface area (Å²) in [6, 6.07) is 0. The van der Waals surface area contributed by atoms with Gasteiger partial charge in [0.25, 0.3) is 0 Å². The summed E-state index contributed by atoms with van der Waals surface area (Å²) in [4.78, 5) is 28.0. The molecule has 4 nitrogen and oxygen atoms in total. The first-order valence-electron chi connectivity index (χ1n) is 3.32. The third kappa shape index (κ3) is 2.73. The van der Waals surface area contributed by atoms with E-state index in [1.165, 1.54) is 13.8 Å². The monoisotopic (exact) mass is 180 g/mol. The van der Waals surface area contributed by atoms with E-state index in [0.29, 0.717) is 6.42 Å². The third-order valence-corrected chi connectivity index (χ3v) is 2.86. The minimum absolute atomic E-state index is 0.428. The van der Waals surface area contributed by atoms with Crippen LogP contribution in [-0.2, 0) is 9.36 Å². The molecule has 0 spiro atoms. The average Bonchev–Trinajstić information content (AvgIpc) is 1.84. The quantitative estimate of drug-likeness (QED) is 0.638. The lowest BCUT2D eigenvalue weighted by atomic mass is 9.92. The van der Waals surface area contributed by atoms with E-state index >= 15 is 0 Å². The molecule has 5 heteroatoms. The predicted octanol–water partition coefficient (Wildman–Crippen LogP) is 1.13. The molecule has 0 bridgehead atoms. The maximum absolute atomic E-state index is 11.0. The average molecular weight is 180 g/mol. The zero-order valence-electron chi connectivity index (χ0n) is 6.87. The summed E-state index contributed by atoms with van der Waals surface area (Å²) in [5.74, 6) is 0. The Bertz CT molecular complexity index is 203. The van der Waals surface area contributed by atoms with Gasteiger partial charge in [0.1, 0.15) is 0 Å². The molecule has 0 aromatic carbocycles. The van der Waals surface area contributed by atoms with E-state index in [9.17, 15) is 9.36 Å². The van der Waals surface area contributed by atoms with Crippen LogP contribution in [0.15, 0.2) is 0 Å². The van der Waals surface area contributed by atoms with Crippen LogP contribution in [0, 0.1) is 5.41 Å². The highest BCUT2D eigenvalue weighted by Crippen LogP contribution is 2.44. The van der Waals surface area contributed by atoms with Gasteiger partial charge in [-0.1, -0.05) is 20.8 Å². The van der Waals surface area contributed by atoms with Crippen molar-refractivity contribution in [1.29, 1.82) is 0 Å². The Labute approximate surface area is 65.8 Å². The minimum Gasteiger partial charge on any atom is -0.319 e. The first kappa shape index (κ1) is 10.8. The summed E-state index contributed by atoms with van der Waals surface area (Å²) in [7, 11) is -4.53. The highest BCUT2D eigenvalue weighted by molar-refractivity contribution is 7.70. The van der Waals surface area contributed by atoms with Crippen molar-refractivity contribution in [3.05, 3.63) is 0 Å². The number of carbonyl (C=O) groups is 1. The van der Waals surface area contributed by atoms with Crippen LogP contribution in [0.5, 0.6) is 0 Å². The fourth-order valence-corrected chi connectivity index (χ4v) is 1.49. The molecule has 66 valence electrons. The molecule has 0 atom stereocenters. The zero-order valence-corrected chi connectivity index (χ0v) is 7.76. The summed E-state index contributed by atoms with van der Waals surface area (Å²) < 4.78 is 10.5. The van der Waals surface area contributed by atoms with E-state index in [2.05, 4.69) is 0 Å². The van der Waals surface area contributed by atoms with Crippen LogP contribution in [0.2, 0.25) is 0 Å². The molecule has 0 aromatic rings. The molecule has 11 heavy (non-hydrogen) atoms. The number of carbonyl (C=O) groups excluding carboxylic acids is 1. The lowest BCUT2D eigenvalue weighted by Gasteiger charge is -2.20. The summed E-state index contributed by atoms with van der Waals surface area (Å²) >= 11 is 0. The van der Waals surface area contributed by atoms with Gasteiger partial charge < -0.3 is 9.79 Å². The van der Waals surface area contributed by atoms with Crippen molar-refractivity contribution < 1.29 is 19.1 Å². The Kier molecular flexibility index (Phi) is 3.00. The molecule has 0 radical (unpaired) electrons. The smallest absolute Gasteiger partial charge is 0.319 e. The minimum atomic E-state index is -4.53. The summed E-state index contributed by atoms with van der Waals surface area (Å²) in [6.45, 7) is 4.76. The van der Waals surface area contributed by atoms with Crippen molar-refractivity contribution in [2.45, 2.75) is 27.2 Å². The Hall–Kier alpha value is -0.180. The highest BCUT2D eigenvalue weighted by Gasteiger charge is 2.38. The van der Waals surface area contributed by atoms with E-state index in [0.717, 1.165) is 0 Å². The Morgan fingerprint density at radius 1 is 1.45 bits per heavy atom. The molecule has 0 fully saturated rings. The molecular formula is C6H13O4P. The lowest BCUT2D eigenvalue weighted by Crippen LogP contribution is -2.22. The van der Waals surface area contributed by atoms with Crippen LogP contribution >= 0.6 is 7.60 Å². The Morgan fingerprint density at radius 2 is 1.82 bits per heavy atom. The van der Waals surface area contributed by atoms with Crippen molar-refractivity contribution in [2.24, 2.45) is 5.41 Å². The van der Waals surface area contributed by atoms with E-state index in [1.807, 2.05) is 0 Å². The second kappa shape index (κ2) is 3.05. The van der Waals surface area contributed by atoms with Gasteiger partial charge in [0.2, 0.25) is 5.52 Å². The van der Waals surface area contributed by atoms with E-state index in [1.54, 1.807) is 6.92 Å². The van der Waals surface area contributed by atoms with Gasteiger partial charge in [-0.3, -0.25) is 9.36 Å². The van der Waals surface area contributed by atoms with Crippen LogP contribution in [-0.4, -0.2) is 15.3 Å². The third-order valence-electron chi connectivity index (χ3n) is 1.73. The van der Waals surface area contributed by atoms with Gasteiger partial charge in [-0.05, 0) is 6.42 Å². The van der Waals surface area contributed by atoms with Gasteiger partial charge >= 0.3 is 7.60 Å². The van der Waals surface area contributed by atoms with Crippen LogP contribution in [0.1, 0.15) is 27.2 Å². The Balaban J connectivity index is 4.64. The first-order valence-corrected chi connectivity index (χ1v) is 4.93. The van der Waals surface area contributed by atoms with Crippen molar-refractivity contribution in [1.82, 2.24) is 0 Å². The fourth-order valence-electron chi connectivity index (χ4n) is 0.545. The molecule has 2 N–H and O–H groups in total.